The summed E-state index contributed by atoms with van der Waals surface area (Å²) >= 11 is 0. The number of methoxy groups -OCH3 is 1. The average Bonchev–Trinajstić information content (AvgIpc) is 3.46. The van der Waals surface area contributed by atoms with E-state index >= 15 is 0 Å². The largest absolute Gasteiger partial charge is 0.495 e. The number of anilines is 2. The van der Waals surface area contributed by atoms with Gasteiger partial charge in [-0.3, -0.25) is 9.52 Å². The first kappa shape index (κ1) is 17.3. The lowest BCUT2D eigenvalue weighted by molar-refractivity contribution is 0.0993. The van der Waals surface area contributed by atoms with Gasteiger partial charge < -0.3 is 9.64 Å². The van der Waals surface area contributed by atoms with E-state index in [-0.39, 0.29) is 11.2 Å². The molecule has 1 N–H and O–H groups in total. The number of para-hydroxylation sites is 3. The molecule has 1 saturated carbocycles. The van der Waals surface area contributed by atoms with E-state index in [1.54, 1.807) is 43.4 Å². The van der Waals surface area contributed by atoms with Crippen molar-refractivity contribution >= 4 is 27.3 Å². The van der Waals surface area contributed by atoms with Gasteiger partial charge in [0.1, 0.15) is 5.75 Å². The first-order chi connectivity index (χ1) is 11.9. The molecule has 0 aliphatic heterocycles. The highest BCUT2D eigenvalue weighted by Gasteiger charge is 2.36. The van der Waals surface area contributed by atoms with E-state index < -0.39 is 10.0 Å². The highest BCUT2D eigenvalue weighted by molar-refractivity contribution is 7.93. The number of hydrogen-bond acceptors (Lipinski definition) is 4. The van der Waals surface area contributed by atoms with Crippen LogP contribution in [0.25, 0.3) is 0 Å². The smallest absolute Gasteiger partial charge is 0.260 e. The second kappa shape index (κ2) is 6.76. The van der Waals surface area contributed by atoms with Crippen LogP contribution in [-0.2, 0) is 10.0 Å². The molecule has 0 unspecified atom stereocenters. The molecule has 132 valence electrons. The van der Waals surface area contributed by atoms with E-state index in [9.17, 15) is 13.2 Å². The number of nitrogens with zero attached hydrogens (tertiary/aromatic N) is 1. The minimum Gasteiger partial charge on any atom is -0.495 e. The van der Waals surface area contributed by atoms with Gasteiger partial charge in [0.2, 0.25) is 10.0 Å². The number of nitrogens with one attached hydrogen (secondary N) is 1. The van der Waals surface area contributed by atoms with Gasteiger partial charge in [-0.25, -0.2) is 8.42 Å². The molecule has 2 aromatic carbocycles. The molecule has 1 fully saturated rings. The molecule has 1 aliphatic carbocycles. The molecule has 0 saturated heterocycles. The van der Waals surface area contributed by atoms with E-state index in [4.69, 9.17) is 4.74 Å². The predicted octanol–water partition coefficient (Wildman–Crippen LogP) is 2.88. The van der Waals surface area contributed by atoms with Gasteiger partial charge in [0.05, 0.1) is 29.3 Å². The normalized spacial score (nSPS) is 14.0. The second-order valence-electron chi connectivity index (χ2n) is 5.93. The zero-order valence-electron chi connectivity index (χ0n) is 14.1. The zero-order chi connectivity index (χ0) is 18.0. The lowest BCUT2D eigenvalue weighted by atomic mass is 10.1. The van der Waals surface area contributed by atoms with Crippen molar-refractivity contribution in [1.29, 1.82) is 0 Å². The summed E-state index contributed by atoms with van der Waals surface area (Å²) in [7, 11) is -0.277. The molecule has 0 bridgehead atoms. The van der Waals surface area contributed by atoms with Gasteiger partial charge in [-0.2, -0.15) is 0 Å². The molecule has 3 rings (SSSR count). The molecule has 0 radical (unpaired) electrons. The lowest BCUT2D eigenvalue weighted by Gasteiger charge is -2.21. The van der Waals surface area contributed by atoms with E-state index in [1.165, 1.54) is 12.0 Å². The highest BCUT2D eigenvalue weighted by Crippen LogP contribution is 2.32. The van der Waals surface area contributed by atoms with E-state index in [2.05, 4.69) is 4.72 Å². The molecule has 1 amide bonds. The van der Waals surface area contributed by atoms with Crippen LogP contribution in [0.2, 0.25) is 0 Å². The van der Waals surface area contributed by atoms with Crippen molar-refractivity contribution in [3.05, 3.63) is 54.1 Å². The van der Waals surface area contributed by atoms with Crippen LogP contribution in [0.15, 0.2) is 48.5 Å². The molecule has 6 nitrogen and oxygen atoms in total. The van der Waals surface area contributed by atoms with E-state index in [0.717, 1.165) is 0 Å². The number of hydrogen-bond donors (Lipinski definition) is 1. The van der Waals surface area contributed by atoms with Gasteiger partial charge in [0.25, 0.3) is 5.91 Å². The number of benzene rings is 2. The van der Waals surface area contributed by atoms with Crippen molar-refractivity contribution in [2.75, 3.05) is 23.8 Å². The molecule has 0 aromatic heterocycles. The van der Waals surface area contributed by atoms with Crippen LogP contribution in [0.4, 0.5) is 11.4 Å². The standard InChI is InChI=1S/C18H20N2O4S/c1-20(16-9-5-6-10-17(16)24-2)18(21)14-7-3-4-8-15(14)19-25(22,23)13-11-12-13/h3-10,13,19H,11-12H2,1-2H3. The first-order valence-corrected chi connectivity index (χ1v) is 9.50. The first-order valence-electron chi connectivity index (χ1n) is 7.96. The Morgan fingerprint density at radius 1 is 1.12 bits per heavy atom. The summed E-state index contributed by atoms with van der Waals surface area (Å²) in [5.74, 6) is 0.244. The summed E-state index contributed by atoms with van der Waals surface area (Å²) < 4.78 is 32.3. The van der Waals surface area contributed by atoms with Crippen LogP contribution in [-0.4, -0.2) is 33.7 Å². The molecule has 1 aliphatic rings. The Morgan fingerprint density at radius 2 is 1.76 bits per heavy atom. The van der Waals surface area contributed by atoms with Crippen LogP contribution in [0, 0.1) is 0 Å². The van der Waals surface area contributed by atoms with Crippen LogP contribution in [0.1, 0.15) is 23.2 Å². The van der Waals surface area contributed by atoms with Crippen molar-refractivity contribution in [2.24, 2.45) is 0 Å². The lowest BCUT2D eigenvalue weighted by Crippen LogP contribution is -2.28. The second-order valence-corrected chi connectivity index (χ2v) is 7.89. The summed E-state index contributed by atoms with van der Waals surface area (Å²) in [5.41, 5.74) is 1.19. The van der Waals surface area contributed by atoms with Crippen LogP contribution < -0.4 is 14.4 Å². The highest BCUT2D eigenvalue weighted by atomic mass is 32.2. The molecule has 0 heterocycles. The molecule has 0 atom stereocenters. The molecule has 7 heteroatoms. The summed E-state index contributed by atoms with van der Waals surface area (Å²) in [6.07, 6.45) is 1.32. The maximum absolute atomic E-state index is 12.9. The fourth-order valence-electron chi connectivity index (χ4n) is 2.57. The Hall–Kier alpha value is -2.54. The Kier molecular flexibility index (Phi) is 4.67. The Morgan fingerprint density at radius 3 is 2.44 bits per heavy atom. The van der Waals surface area contributed by atoms with Crippen molar-refractivity contribution < 1.29 is 17.9 Å². The molecular formula is C18H20N2O4S. The Labute approximate surface area is 147 Å². The molecule has 0 spiro atoms. The number of amides is 1. The SMILES string of the molecule is COc1ccccc1N(C)C(=O)c1ccccc1NS(=O)(=O)C1CC1. The monoisotopic (exact) mass is 360 g/mol. The number of carbonyl (C=O) groups is 1. The number of carbonyl (C=O) groups excluding carboxylic acids is 1. The van der Waals surface area contributed by atoms with E-state index in [1.807, 2.05) is 12.1 Å². The third-order valence-corrected chi connectivity index (χ3v) is 5.98. The van der Waals surface area contributed by atoms with Gasteiger partial charge in [0, 0.05) is 7.05 Å². The van der Waals surface area contributed by atoms with Crippen molar-refractivity contribution in [2.45, 2.75) is 18.1 Å². The Bertz CT molecular complexity index is 891. The predicted molar refractivity (Wildman–Crippen MR) is 97.7 cm³/mol. The fourth-order valence-corrected chi connectivity index (χ4v) is 3.98. The van der Waals surface area contributed by atoms with Gasteiger partial charge in [-0.1, -0.05) is 24.3 Å². The third kappa shape index (κ3) is 3.61. The van der Waals surface area contributed by atoms with Gasteiger partial charge in [-0.05, 0) is 37.1 Å². The van der Waals surface area contributed by atoms with E-state index in [0.29, 0.717) is 35.5 Å². The fraction of sp³-hybridized carbons (Fsp3) is 0.278. The van der Waals surface area contributed by atoms with Gasteiger partial charge in [0.15, 0.2) is 0 Å². The van der Waals surface area contributed by atoms with Crippen molar-refractivity contribution in [1.82, 2.24) is 0 Å². The maximum atomic E-state index is 12.9. The van der Waals surface area contributed by atoms with Crippen LogP contribution in [0.5, 0.6) is 5.75 Å². The maximum Gasteiger partial charge on any atom is 0.260 e. The summed E-state index contributed by atoms with van der Waals surface area (Å²) in [4.78, 5) is 14.4. The summed E-state index contributed by atoms with van der Waals surface area (Å²) in [6.45, 7) is 0. The van der Waals surface area contributed by atoms with Crippen LogP contribution >= 0.6 is 0 Å². The van der Waals surface area contributed by atoms with Crippen molar-refractivity contribution in [3.8, 4) is 5.75 Å². The quantitative estimate of drug-likeness (QED) is 0.859. The number of rotatable bonds is 6. The summed E-state index contributed by atoms with van der Waals surface area (Å²) in [6, 6.07) is 13.8. The zero-order valence-corrected chi connectivity index (χ0v) is 14.9. The Balaban J connectivity index is 1.92. The number of sulfonamides is 1. The topological polar surface area (TPSA) is 75.7 Å². The third-order valence-electron chi connectivity index (χ3n) is 4.12. The van der Waals surface area contributed by atoms with Crippen LogP contribution in [0.3, 0.4) is 0 Å². The minimum atomic E-state index is -3.44. The molecule has 25 heavy (non-hydrogen) atoms. The average molecular weight is 360 g/mol. The minimum absolute atomic E-state index is 0.292. The van der Waals surface area contributed by atoms with Crippen molar-refractivity contribution in [3.63, 3.8) is 0 Å². The number of ether oxygens (including phenoxy) is 1. The molecular weight excluding hydrogens is 340 g/mol. The van der Waals surface area contributed by atoms with Gasteiger partial charge in [-0.15, -0.1) is 0 Å². The summed E-state index contributed by atoms with van der Waals surface area (Å²) in [5, 5.41) is -0.359. The van der Waals surface area contributed by atoms with Gasteiger partial charge >= 0.3 is 0 Å². The molecule has 2 aromatic rings.